The second kappa shape index (κ2) is 4.89. The average Bonchev–Trinajstić information content (AvgIpc) is 3.34. The normalized spacial score (nSPS) is 17.3. The van der Waals surface area contributed by atoms with E-state index in [1.165, 1.54) is 0 Å². The standard InChI is InChI=1S/C19H14N2O3/c20-18-17-12-5-2-1-4-11(12)7-8-15(17)23-19(18)13-10-16(24-21-13)14-6-3-9-22-14/h1-9,16H,10,20H2. The zero-order chi connectivity index (χ0) is 16.1. The van der Waals surface area contributed by atoms with E-state index in [0.717, 1.165) is 27.5 Å². The number of anilines is 1. The van der Waals surface area contributed by atoms with Gasteiger partial charge in [-0.05, 0) is 29.0 Å². The first kappa shape index (κ1) is 13.2. The number of hydrogen-bond acceptors (Lipinski definition) is 5. The van der Waals surface area contributed by atoms with Gasteiger partial charge in [0.05, 0.1) is 17.3 Å². The van der Waals surface area contributed by atoms with Crippen LogP contribution in [0.5, 0.6) is 0 Å². The van der Waals surface area contributed by atoms with Crippen LogP contribution in [0.4, 0.5) is 5.69 Å². The number of oxime groups is 1. The SMILES string of the molecule is Nc1c(C2=NOC(c3ccco3)C2)oc2ccc3ccccc3c12. The predicted molar refractivity (Wildman–Crippen MR) is 91.8 cm³/mol. The van der Waals surface area contributed by atoms with E-state index < -0.39 is 0 Å². The first-order chi connectivity index (χ1) is 11.8. The Morgan fingerprint density at radius 1 is 1.04 bits per heavy atom. The first-order valence-electron chi connectivity index (χ1n) is 7.77. The zero-order valence-electron chi connectivity index (χ0n) is 12.7. The van der Waals surface area contributed by atoms with Gasteiger partial charge in [-0.3, -0.25) is 0 Å². The van der Waals surface area contributed by atoms with Crippen LogP contribution in [-0.2, 0) is 4.84 Å². The lowest BCUT2D eigenvalue weighted by Gasteiger charge is -2.02. The van der Waals surface area contributed by atoms with Crippen molar-refractivity contribution in [1.29, 1.82) is 0 Å². The third kappa shape index (κ3) is 1.84. The van der Waals surface area contributed by atoms with E-state index >= 15 is 0 Å². The van der Waals surface area contributed by atoms with Gasteiger partial charge in [-0.2, -0.15) is 0 Å². The van der Waals surface area contributed by atoms with Crippen LogP contribution < -0.4 is 5.73 Å². The minimum atomic E-state index is -0.237. The number of nitrogen functional groups attached to an aromatic ring is 1. The smallest absolute Gasteiger partial charge is 0.190 e. The summed E-state index contributed by atoms with van der Waals surface area (Å²) in [5.74, 6) is 1.32. The predicted octanol–water partition coefficient (Wildman–Crippen LogP) is 4.63. The summed E-state index contributed by atoms with van der Waals surface area (Å²) >= 11 is 0. The molecule has 24 heavy (non-hydrogen) atoms. The Balaban J connectivity index is 1.61. The van der Waals surface area contributed by atoms with Crippen molar-refractivity contribution in [2.75, 3.05) is 5.73 Å². The number of hydrogen-bond donors (Lipinski definition) is 1. The summed E-state index contributed by atoms with van der Waals surface area (Å²) in [6, 6.07) is 15.8. The van der Waals surface area contributed by atoms with Gasteiger partial charge >= 0.3 is 0 Å². The minimum absolute atomic E-state index is 0.237. The van der Waals surface area contributed by atoms with E-state index in [-0.39, 0.29) is 6.10 Å². The number of nitrogens with two attached hydrogens (primary N) is 1. The number of fused-ring (bicyclic) bond motifs is 3. The van der Waals surface area contributed by atoms with Gasteiger partial charge in [-0.25, -0.2) is 0 Å². The number of furan rings is 2. The third-order valence-electron chi connectivity index (χ3n) is 4.41. The molecule has 5 rings (SSSR count). The fourth-order valence-electron chi connectivity index (χ4n) is 3.25. The van der Waals surface area contributed by atoms with E-state index in [4.69, 9.17) is 19.4 Å². The van der Waals surface area contributed by atoms with Crippen LogP contribution in [0.2, 0.25) is 0 Å². The molecule has 2 N–H and O–H groups in total. The maximum absolute atomic E-state index is 6.40. The molecule has 0 saturated heterocycles. The van der Waals surface area contributed by atoms with Crippen molar-refractivity contribution >= 4 is 33.1 Å². The Kier molecular flexibility index (Phi) is 2.70. The number of rotatable bonds is 2. The Hall–Kier alpha value is -3.21. The molecule has 0 radical (unpaired) electrons. The summed E-state index contributed by atoms with van der Waals surface area (Å²) in [6.07, 6.45) is 1.95. The molecule has 2 aromatic heterocycles. The molecular weight excluding hydrogens is 304 g/mol. The molecule has 5 heteroatoms. The fraction of sp³-hybridized carbons (Fsp3) is 0.105. The molecule has 1 atom stereocenters. The van der Waals surface area contributed by atoms with E-state index in [9.17, 15) is 0 Å². The molecule has 3 heterocycles. The molecule has 0 saturated carbocycles. The molecule has 0 fully saturated rings. The summed E-state index contributed by atoms with van der Waals surface area (Å²) in [4.78, 5) is 5.48. The topological polar surface area (TPSA) is 73.9 Å². The maximum Gasteiger partial charge on any atom is 0.190 e. The van der Waals surface area contributed by atoms with E-state index in [1.54, 1.807) is 6.26 Å². The maximum atomic E-state index is 6.40. The van der Waals surface area contributed by atoms with Crippen molar-refractivity contribution < 1.29 is 13.7 Å². The van der Waals surface area contributed by atoms with Gasteiger partial charge in [0.1, 0.15) is 17.1 Å². The van der Waals surface area contributed by atoms with Gasteiger partial charge < -0.3 is 19.4 Å². The number of benzene rings is 2. The molecule has 118 valence electrons. The van der Waals surface area contributed by atoms with Crippen molar-refractivity contribution in [2.45, 2.75) is 12.5 Å². The van der Waals surface area contributed by atoms with Gasteiger partial charge in [0.15, 0.2) is 11.9 Å². The summed E-state index contributed by atoms with van der Waals surface area (Å²) in [5.41, 5.74) is 8.45. The second-order valence-electron chi connectivity index (χ2n) is 5.86. The summed E-state index contributed by atoms with van der Waals surface area (Å²) in [6.45, 7) is 0. The molecule has 1 aliphatic rings. The zero-order valence-corrected chi connectivity index (χ0v) is 12.7. The molecule has 5 nitrogen and oxygen atoms in total. The van der Waals surface area contributed by atoms with Crippen molar-refractivity contribution in [3.8, 4) is 0 Å². The lowest BCUT2D eigenvalue weighted by Crippen LogP contribution is -2.02. The molecule has 1 aliphatic heterocycles. The Morgan fingerprint density at radius 3 is 2.83 bits per heavy atom. The molecule has 0 spiro atoms. The average molecular weight is 318 g/mol. The third-order valence-corrected chi connectivity index (χ3v) is 4.41. The van der Waals surface area contributed by atoms with Crippen molar-refractivity contribution in [3.05, 3.63) is 66.3 Å². The van der Waals surface area contributed by atoms with Crippen LogP contribution >= 0.6 is 0 Å². The van der Waals surface area contributed by atoms with Crippen LogP contribution in [0.25, 0.3) is 21.7 Å². The Morgan fingerprint density at radius 2 is 1.96 bits per heavy atom. The van der Waals surface area contributed by atoms with Crippen LogP contribution in [-0.4, -0.2) is 5.71 Å². The monoisotopic (exact) mass is 318 g/mol. The molecule has 0 bridgehead atoms. The van der Waals surface area contributed by atoms with E-state index in [2.05, 4.69) is 11.2 Å². The van der Waals surface area contributed by atoms with Crippen molar-refractivity contribution in [1.82, 2.24) is 0 Å². The first-order valence-corrected chi connectivity index (χ1v) is 7.77. The van der Waals surface area contributed by atoms with Crippen LogP contribution in [0, 0.1) is 0 Å². The van der Waals surface area contributed by atoms with Gasteiger partial charge in [-0.1, -0.05) is 35.5 Å². The highest BCUT2D eigenvalue weighted by molar-refractivity contribution is 6.17. The quantitative estimate of drug-likeness (QED) is 0.585. The summed E-state index contributed by atoms with van der Waals surface area (Å²) in [5, 5.41) is 7.29. The lowest BCUT2D eigenvalue weighted by molar-refractivity contribution is 0.0689. The number of nitrogens with zero attached hydrogens (tertiary/aromatic N) is 1. The highest BCUT2D eigenvalue weighted by Gasteiger charge is 2.30. The fourth-order valence-corrected chi connectivity index (χ4v) is 3.25. The van der Waals surface area contributed by atoms with Crippen molar-refractivity contribution in [3.63, 3.8) is 0 Å². The van der Waals surface area contributed by atoms with Crippen LogP contribution in [0.3, 0.4) is 0 Å². The van der Waals surface area contributed by atoms with Crippen LogP contribution in [0.15, 0.2) is 68.8 Å². The minimum Gasteiger partial charge on any atom is -0.465 e. The lowest BCUT2D eigenvalue weighted by atomic mass is 10.0. The molecule has 1 unspecified atom stereocenters. The molecular formula is C19H14N2O3. The molecule has 0 amide bonds. The highest BCUT2D eigenvalue weighted by atomic mass is 16.6. The van der Waals surface area contributed by atoms with Crippen LogP contribution in [0.1, 0.15) is 24.0 Å². The van der Waals surface area contributed by atoms with E-state index in [0.29, 0.717) is 23.6 Å². The molecule has 4 aromatic rings. The summed E-state index contributed by atoms with van der Waals surface area (Å²) < 4.78 is 11.4. The van der Waals surface area contributed by atoms with E-state index in [1.807, 2.05) is 42.5 Å². The van der Waals surface area contributed by atoms with Gasteiger partial charge in [-0.15, -0.1) is 0 Å². The van der Waals surface area contributed by atoms with Gasteiger partial charge in [0.2, 0.25) is 0 Å². The van der Waals surface area contributed by atoms with Gasteiger partial charge in [0, 0.05) is 6.42 Å². The Bertz CT molecular complexity index is 1080. The Labute approximate surface area is 137 Å². The van der Waals surface area contributed by atoms with Gasteiger partial charge in [0.25, 0.3) is 0 Å². The molecule has 0 aliphatic carbocycles. The largest absolute Gasteiger partial charge is 0.465 e. The molecule has 2 aromatic carbocycles. The van der Waals surface area contributed by atoms with Crippen molar-refractivity contribution in [2.24, 2.45) is 5.16 Å². The second-order valence-corrected chi connectivity index (χ2v) is 5.86. The summed E-state index contributed by atoms with van der Waals surface area (Å²) in [7, 11) is 0. The highest BCUT2D eigenvalue weighted by Crippen LogP contribution is 2.38.